The van der Waals surface area contributed by atoms with Crippen LogP contribution in [0.15, 0.2) is 29.2 Å². The molecule has 0 saturated heterocycles. The molecule has 18 heavy (non-hydrogen) atoms. The summed E-state index contributed by atoms with van der Waals surface area (Å²) in [6.07, 6.45) is 2.45. The second-order valence-corrected chi connectivity index (χ2v) is 7.15. The molecule has 1 rings (SSSR count). The molecule has 0 radical (unpaired) electrons. The number of benzene rings is 1. The van der Waals surface area contributed by atoms with Crippen molar-refractivity contribution in [2.75, 3.05) is 12.3 Å². The molecule has 0 saturated carbocycles. The van der Waals surface area contributed by atoms with Crippen LogP contribution in [-0.4, -0.2) is 12.3 Å². The molecule has 0 unspecified atom stereocenters. The lowest BCUT2D eigenvalue weighted by atomic mass is 9.94. The zero-order valence-corrected chi connectivity index (χ0v) is 13.1. The maximum Gasteiger partial charge on any atom is 0.0205 e. The molecule has 0 aliphatic rings. The summed E-state index contributed by atoms with van der Waals surface area (Å²) in [6, 6.07) is 8.91. The smallest absolute Gasteiger partial charge is 0.0205 e. The summed E-state index contributed by atoms with van der Waals surface area (Å²) >= 11 is 1.97. The molecule has 0 aromatic heterocycles. The number of rotatable bonds is 7. The van der Waals surface area contributed by atoms with Crippen molar-refractivity contribution in [1.82, 2.24) is 5.32 Å². The third-order valence-electron chi connectivity index (χ3n) is 2.78. The van der Waals surface area contributed by atoms with Crippen molar-refractivity contribution >= 4 is 11.8 Å². The molecule has 0 spiro atoms. The van der Waals surface area contributed by atoms with Crippen LogP contribution in [0.25, 0.3) is 0 Å². The van der Waals surface area contributed by atoms with E-state index in [9.17, 15) is 0 Å². The Morgan fingerprint density at radius 1 is 1.22 bits per heavy atom. The van der Waals surface area contributed by atoms with Gasteiger partial charge in [-0.1, -0.05) is 39.8 Å². The van der Waals surface area contributed by atoms with Gasteiger partial charge in [0, 0.05) is 11.4 Å². The van der Waals surface area contributed by atoms with Crippen LogP contribution in [0.4, 0.5) is 0 Å². The van der Waals surface area contributed by atoms with Gasteiger partial charge in [-0.3, -0.25) is 0 Å². The minimum absolute atomic E-state index is 0.438. The van der Waals surface area contributed by atoms with Crippen molar-refractivity contribution in [1.29, 1.82) is 0 Å². The first-order chi connectivity index (χ1) is 8.51. The highest BCUT2D eigenvalue weighted by molar-refractivity contribution is 7.99. The minimum Gasteiger partial charge on any atom is -0.313 e. The van der Waals surface area contributed by atoms with Gasteiger partial charge >= 0.3 is 0 Å². The fraction of sp³-hybridized carbons (Fsp3) is 0.625. The van der Waals surface area contributed by atoms with E-state index < -0.39 is 0 Å². The van der Waals surface area contributed by atoms with Crippen LogP contribution in [0, 0.1) is 5.41 Å². The van der Waals surface area contributed by atoms with Crippen molar-refractivity contribution in [3.8, 4) is 0 Å². The van der Waals surface area contributed by atoms with E-state index in [2.05, 4.69) is 57.3 Å². The van der Waals surface area contributed by atoms with Crippen LogP contribution in [-0.2, 0) is 6.54 Å². The van der Waals surface area contributed by atoms with E-state index in [4.69, 9.17) is 0 Å². The minimum atomic E-state index is 0.438. The third-order valence-corrected chi connectivity index (χ3v) is 3.77. The highest BCUT2D eigenvalue weighted by atomic mass is 32.2. The number of thioether (sulfide) groups is 1. The molecular weight excluding hydrogens is 238 g/mol. The van der Waals surface area contributed by atoms with Gasteiger partial charge in [-0.2, -0.15) is 0 Å². The van der Waals surface area contributed by atoms with Gasteiger partial charge in [0.25, 0.3) is 0 Å². The van der Waals surface area contributed by atoms with Gasteiger partial charge < -0.3 is 5.32 Å². The summed E-state index contributed by atoms with van der Waals surface area (Å²) in [4.78, 5) is 1.40. The van der Waals surface area contributed by atoms with E-state index in [1.54, 1.807) is 0 Å². The fourth-order valence-corrected chi connectivity index (χ4v) is 2.99. The average molecular weight is 265 g/mol. The van der Waals surface area contributed by atoms with Gasteiger partial charge in [0.1, 0.15) is 0 Å². The first-order valence-electron chi connectivity index (χ1n) is 6.94. The molecule has 1 aromatic carbocycles. The van der Waals surface area contributed by atoms with Crippen LogP contribution in [0.2, 0.25) is 0 Å². The van der Waals surface area contributed by atoms with Crippen molar-refractivity contribution in [2.24, 2.45) is 5.41 Å². The molecule has 0 aliphatic heterocycles. The first-order valence-corrected chi connectivity index (χ1v) is 7.92. The van der Waals surface area contributed by atoms with Crippen LogP contribution in [0.1, 0.15) is 46.1 Å². The lowest BCUT2D eigenvalue weighted by Crippen LogP contribution is -2.13. The summed E-state index contributed by atoms with van der Waals surface area (Å²) < 4.78 is 0. The number of hydrogen-bond acceptors (Lipinski definition) is 2. The molecule has 0 atom stereocenters. The zero-order valence-electron chi connectivity index (χ0n) is 12.3. The maximum absolute atomic E-state index is 3.45. The first kappa shape index (κ1) is 15.6. The second-order valence-electron chi connectivity index (χ2n) is 5.98. The van der Waals surface area contributed by atoms with E-state index in [-0.39, 0.29) is 0 Å². The van der Waals surface area contributed by atoms with E-state index in [1.165, 1.54) is 29.1 Å². The number of nitrogens with one attached hydrogen (secondary N) is 1. The number of hydrogen-bond donors (Lipinski definition) is 1. The van der Waals surface area contributed by atoms with Crippen molar-refractivity contribution in [3.05, 3.63) is 29.8 Å². The zero-order chi connectivity index (χ0) is 13.4. The maximum atomic E-state index is 3.45. The van der Waals surface area contributed by atoms with Crippen LogP contribution >= 0.6 is 11.8 Å². The average Bonchev–Trinajstić information content (AvgIpc) is 2.28. The summed E-state index contributed by atoms with van der Waals surface area (Å²) in [7, 11) is 0. The molecule has 1 nitrogen and oxygen atoms in total. The highest BCUT2D eigenvalue weighted by Crippen LogP contribution is 2.26. The van der Waals surface area contributed by atoms with Gasteiger partial charge in [0.15, 0.2) is 0 Å². The summed E-state index contributed by atoms with van der Waals surface area (Å²) in [5.41, 5.74) is 1.83. The van der Waals surface area contributed by atoms with Crippen molar-refractivity contribution < 1.29 is 0 Å². The molecule has 0 aliphatic carbocycles. The van der Waals surface area contributed by atoms with Gasteiger partial charge in [-0.15, -0.1) is 11.8 Å². The highest BCUT2D eigenvalue weighted by Gasteiger charge is 2.09. The van der Waals surface area contributed by atoms with Crippen molar-refractivity contribution in [3.63, 3.8) is 0 Å². The Hall–Kier alpha value is -0.470. The standard InChI is InChI=1S/C16H27NS/c1-5-10-17-13-14-7-6-8-15(12-14)18-11-9-16(2,3)4/h6-8,12,17H,5,9-11,13H2,1-4H3. The SMILES string of the molecule is CCCNCc1cccc(SCCC(C)(C)C)c1. The van der Waals surface area contributed by atoms with Crippen LogP contribution < -0.4 is 5.32 Å². The lowest BCUT2D eigenvalue weighted by molar-refractivity contribution is 0.401. The topological polar surface area (TPSA) is 12.0 Å². The van der Waals surface area contributed by atoms with E-state index in [0.29, 0.717) is 5.41 Å². The van der Waals surface area contributed by atoms with Gasteiger partial charge in [-0.05, 0) is 48.3 Å². The Balaban J connectivity index is 2.39. The Morgan fingerprint density at radius 2 is 2.00 bits per heavy atom. The van der Waals surface area contributed by atoms with Gasteiger partial charge in [0.2, 0.25) is 0 Å². The molecule has 0 bridgehead atoms. The summed E-state index contributed by atoms with van der Waals surface area (Å²) in [5, 5.41) is 3.45. The van der Waals surface area contributed by atoms with E-state index in [0.717, 1.165) is 13.1 Å². The second kappa shape index (κ2) is 7.85. The lowest BCUT2D eigenvalue weighted by Gasteiger charge is -2.17. The summed E-state index contributed by atoms with van der Waals surface area (Å²) in [5.74, 6) is 1.20. The third kappa shape index (κ3) is 7.07. The predicted molar refractivity (Wildman–Crippen MR) is 83.2 cm³/mol. The van der Waals surface area contributed by atoms with Gasteiger partial charge in [-0.25, -0.2) is 0 Å². The molecule has 1 N–H and O–H groups in total. The predicted octanol–water partition coefficient (Wildman–Crippen LogP) is 4.71. The Bertz CT molecular complexity index is 341. The quantitative estimate of drug-likeness (QED) is 0.566. The summed E-state index contributed by atoms with van der Waals surface area (Å²) in [6.45, 7) is 11.2. The van der Waals surface area contributed by atoms with Gasteiger partial charge in [0.05, 0.1) is 0 Å². The normalized spacial score (nSPS) is 11.8. The Morgan fingerprint density at radius 3 is 2.67 bits per heavy atom. The van der Waals surface area contributed by atoms with Crippen LogP contribution in [0.5, 0.6) is 0 Å². The molecule has 1 aromatic rings. The molecule has 0 amide bonds. The fourth-order valence-electron chi connectivity index (χ4n) is 1.63. The monoisotopic (exact) mass is 265 g/mol. The Labute approximate surface area is 117 Å². The van der Waals surface area contributed by atoms with Crippen LogP contribution in [0.3, 0.4) is 0 Å². The molecule has 0 fully saturated rings. The largest absolute Gasteiger partial charge is 0.313 e. The molecular formula is C16H27NS. The molecule has 2 heteroatoms. The Kier molecular flexibility index (Phi) is 6.80. The van der Waals surface area contributed by atoms with Crippen molar-refractivity contribution in [2.45, 2.75) is 52.0 Å². The molecule has 102 valence electrons. The molecule has 0 heterocycles. The van der Waals surface area contributed by atoms with E-state index >= 15 is 0 Å². The van der Waals surface area contributed by atoms with E-state index in [1.807, 2.05) is 11.8 Å².